The maximum absolute atomic E-state index is 12.9. The summed E-state index contributed by atoms with van der Waals surface area (Å²) >= 11 is 0. The summed E-state index contributed by atoms with van der Waals surface area (Å²) in [5.41, 5.74) is 2.50. The van der Waals surface area contributed by atoms with Crippen LogP contribution in [-0.4, -0.2) is 43.0 Å². The third-order valence-electron chi connectivity index (χ3n) is 4.90. The van der Waals surface area contributed by atoms with Gasteiger partial charge in [0.2, 0.25) is 11.5 Å². The molecule has 1 N–H and O–H groups in total. The van der Waals surface area contributed by atoms with Crippen LogP contribution >= 0.6 is 0 Å². The number of methoxy groups -OCH3 is 2. The first kappa shape index (κ1) is 21.3. The second-order valence-corrected chi connectivity index (χ2v) is 6.87. The van der Waals surface area contributed by atoms with E-state index in [0.29, 0.717) is 28.0 Å². The van der Waals surface area contributed by atoms with Gasteiger partial charge in [0.25, 0.3) is 0 Å². The quantitative estimate of drug-likeness (QED) is 0.464. The normalized spacial score (nSPS) is 12.0. The van der Waals surface area contributed by atoms with Gasteiger partial charge in [0, 0.05) is 23.8 Å². The fourth-order valence-corrected chi connectivity index (χ4v) is 3.43. The summed E-state index contributed by atoms with van der Waals surface area (Å²) in [4.78, 5) is 40.5. The Morgan fingerprint density at radius 2 is 1.80 bits per heavy atom. The number of furan rings is 1. The van der Waals surface area contributed by atoms with Crippen LogP contribution < -0.4 is 0 Å². The zero-order valence-corrected chi connectivity index (χ0v) is 17.5. The van der Waals surface area contributed by atoms with Crippen LogP contribution in [0.25, 0.3) is 11.0 Å². The Morgan fingerprint density at radius 1 is 1.10 bits per heavy atom. The number of aryl methyl sites for hydroxylation is 1. The number of aromatic nitrogens is 1. The number of esters is 2. The second-order valence-electron chi connectivity index (χ2n) is 6.87. The summed E-state index contributed by atoms with van der Waals surface area (Å²) in [6, 6.07) is 7.17. The van der Waals surface area contributed by atoms with Gasteiger partial charge >= 0.3 is 11.9 Å². The van der Waals surface area contributed by atoms with Gasteiger partial charge in [-0.15, -0.1) is 0 Å². The number of hydrogen-bond acceptors (Lipinski definition) is 7. The third-order valence-corrected chi connectivity index (χ3v) is 4.90. The molecule has 0 saturated heterocycles. The van der Waals surface area contributed by atoms with E-state index in [1.807, 2.05) is 12.1 Å². The Labute approximate surface area is 173 Å². The molecule has 1 aromatic carbocycles. The zero-order valence-electron chi connectivity index (χ0n) is 17.5. The first-order valence-electron chi connectivity index (χ1n) is 9.32. The number of rotatable bonds is 7. The second kappa shape index (κ2) is 8.54. The number of aromatic amines is 1. The molecule has 1 atom stereocenters. The van der Waals surface area contributed by atoms with E-state index >= 15 is 0 Å². The summed E-state index contributed by atoms with van der Waals surface area (Å²) in [5, 5.41) is 0.740. The maximum atomic E-state index is 12.9. The number of carbonyl (C=O) groups excluding carboxylic acids is 3. The highest BCUT2D eigenvalue weighted by Crippen LogP contribution is 2.28. The first-order valence-corrected chi connectivity index (χ1v) is 9.32. The molecule has 2 aromatic heterocycles. The van der Waals surface area contributed by atoms with E-state index in [1.165, 1.54) is 21.1 Å². The number of hydrogen-bond donors (Lipinski definition) is 1. The van der Waals surface area contributed by atoms with Crippen molar-refractivity contribution in [3.63, 3.8) is 0 Å². The van der Waals surface area contributed by atoms with Gasteiger partial charge in [0.1, 0.15) is 5.58 Å². The highest BCUT2D eigenvalue weighted by molar-refractivity contribution is 6.05. The molecule has 0 aliphatic heterocycles. The number of para-hydroxylation sites is 1. The van der Waals surface area contributed by atoms with Crippen molar-refractivity contribution in [3.8, 4) is 0 Å². The van der Waals surface area contributed by atoms with Crippen LogP contribution in [0.1, 0.15) is 55.1 Å². The van der Waals surface area contributed by atoms with Crippen molar-refractivity contribution in [2.45, 2.75) is 33.5 Å². The summed E-state index contributed by atoms with van der Waals surface area (Å²) in [5.74, 6) is -1.79. The Balaban J connectivity index is 1.86. The van der Waals surface area contributed by atoms with Gasteiger partial charge in [-0.1, -0.05) is 18.2 Å². The smallest absolute Gasteiger partial charge is 0.375 e. The van der Waals surface area contributed by atoms with Crippen molar-refractivity contribution in [2.24, 2.45) is 0 Å². The van der Waals surface area contributed by atoms with Gasteiger partial charge in [-0.05, 0) is 32.4 Å². The predicted molar refractivity (Wildman–Crippen MR) is 108 cm³/mol. The third kappa shape index (κ3) is 3.73. The minimum atomic E-state index is -1.11. The molecule has 2 heterocycles. The average Bonchev–Trinajstić information content (AvgIpc) is 3.24. The molecular weight excluding hydrogens is 390 g/mol. The number of carbonyl (C=O) groups is 3. The van der Waals surface area contributed by atoms with E-state index in [9.17, 15) is 14.4 Å². The van der Waals surface area contributed by atoms with Gasteiger partial charge in [-0.25, -0.2) is 9.59 Å². The van der Waals surface area contributed by atoms with Gasteiger partial charge in [-0.3, -0.25) is 4.79 Å². The highest BCUT2D eigenvalue weighted by atomic mass is 16.6. The molecule has 158 valence electrons. The fourth-order valence-electron chi connectivity index (χ4n) is 3.43. The molecule has 0 aliphatic rings. The summed E-state index contributed by atoms with van der Waals surface area (Å²) in [6.07, 6.45) is -1.11. The van der Waals surface area contributed by atoms with Crippen LogP contribution in [-0.2, 0) is 20.8 Å². The molecular formula is C22H23NO7. The van der Waals surface area contributed by atoms with Crippen LogP contribution in [0.2, 0.25) is 0 Å². The molecule has 0 unspecified atom stereocenters. The molecule has 0 fully saturated rings. The number of benzene rings is 1. The lowest BCUT2D eigenvalue weighted by molar-refractivity contribution is 0.0285. The van der Waals surface area contributed by atoms with E-state index in [0.717, 1.165) is 5.39 Å². The van der Waals surface area contributed by atoms with E-state index in [2.05, 4.69) is 4.98 Å². The van der Waals surface area contributed by atoms with E-state index in [4.69, 9.17) is 18.6 Å². The van der Waals surface area contributed by atoms with Crippen molar-refractivity contribution in [3.05, 3.63) is 58.1 Å². The Kier molecular flexibility index (Phi) is 6.07. The number of ketones is 1. The Bertz CT molecular complexity index is 1120. The van der Waals surface area contributed by atoms with Crippen LogP contribution in [0.3, 0.4) is 0 Å². The summed E-state index contributed by atoms with van der Waals surface area (Å²) < 4.78 is 21.0. The predicted octanol–water partition coefficient (Wildman–Crippen LogP) is 3.74. The van der Waals surface area contributed by atoms with Gasteiger partial charge in [0.15, 0.2) is 6.10 Å². The minimum absolute atomic E-state index is 0.00709. The van der Waals surface area contributed by atoms with Crippen molar-refractivity contribution in [2.75, 3.05) is 14.2 Å². The van der Waals surface area contributed by atoms with Crippen molar-refractivity contribution >= 4 is 28.7 Å². The first-order chi connectivity index (χ1) is 14.3. The van der Waals surface area contributed by atoms with Gasteiger partial charge < -0.3 is 23.6 Å². The molecule has 0 saturated carbocycles. The lowest BCUT2D eigenvalue weighted by Gasteiger charge is -2.12. The van der Waals surface area contributed by atoms with Gasteiger partial charge in [-0.2, -0.15) is 0 Å². The van der Waals surface area contributed by atoms with Crippen LogP contribution in [0.4, 0.5) is 0 Å². The molecule has 0 aliphatic carbocycles. The largest absolute Gasteiger partial charge is 0.465 e. The number of ether oxygens (including phenoxy) is 3. The maximum Gasteiger partial charge on any atom is 0.375 e. The molecule has 0 spiro atoms. The van der Waals surface area contributed by atoms with Crippen molar-refractivity contribution < 1.29 is 33.0 Å². The molecule has 8 nitrogen and oxygen atoms in total. The highest BCUT2D eigenvalue weighted by Gasteiger charge is 2.29. The van der Waals surface area contributed by atoms with Crippen LogP contribution in [0.5, 0.6) is 0 Å². The molecule has 30 heavy (non-hydrogen) atoms. The summed E-state index contributed by atoms with van der Waals surface area (Å²) in [7, 11) is 2.78. The van der Waals surface area contributed by atoms with E-state index in [1.54, 1.807) is 26.0 Å². The fraction of sp³-hybridized carbons (Fsp3) is 0.318. The molecule has 3 rings (SSSR count). The summed E-state index contributed by atoms with van der Waals surface area (Å²) in [6.45, 7) is 4.92. The number of fused-ring (bicyclic) bond motifs is 1. The minimum Gasteiger partial charge on any atom is -0.465 e. The molecule has 0 bridgehead atoms. The number of H-pyrrole nitrogens is 1. The van der Waals surface area contributed by atoms with Gasteiger partial charge in [0.05, 0.1) is 25.0 Å². The number of nitrogens with one attached hydrogen (secondary N) is 1. The zero-order chi connectivity index (χ0) is 22.0. The SMILES string of the molecule is COCc1c(C(=O)O[C@H](C)C(=O)c2[nH]c(C)c(C(=O)OC)c2C)oc2ccccc12. The molecule has 8 heteroatoms. The molecule has 0 amide bonds. The lowest BCUT2D eigenvalue weighted by atomic mass is 10.1. The van der Waals surface area contributed by atoms with Crippen molar-refractivity contribution in [1.29, 1.82) is 0 Å². The van der Waals surface area contributed by atoms with Crippen LogP contribution in [0.15, 0.2) is 28.7 Å². The monoisotopic (exact) mass is 413 g/mol. The van der Waals surface area contributed by atoms with Crippen molar-refractivity contribution in [1.82, 2.24) is 4.98 Å². The standard InChI is InChI=1S/C22H23NO7/c1-11-17(21(25)28-5)12(2)23-18(11)19(24)13(3)29-22(26)20-15(10-27-4)14-8-6-7-9-16(14)30-20/h6-9,13,23H,10H2,1-5H3/t13-/m1/s1. The average molecular weight is 413 g/mol. The van der Waals surface area contributed by atoms with E-state index < -0.39 is 23.8 Å². The lowest BCUT2D eigenvalue weighted by Crippen LogP contribution is -2.25. The topological polar surface area (TPSA) is 108 Å². The Morgan fingerprint density at radius 3 is 2.47 bits per heavy atom. The van der Waals surface area contributed by atoms with Crippen LogP contribution in [0, 0.1) is 13.8 Å². The molecule has 0 radical (unpaired) electrons. The molecule has 3 aromatic rings. The number of Topliss-reactive ketones (excluding diaryl/α,β-unsaturated/α-hetero) is 1. The Hall–Kier alpha value is -3.39. The van der Waals surface area contributed by atoms with E-state index in [-0.39, 0.29) is 18.1 Å².